The van der Waals surface area contributed by atoms with Crippen molar-refractivity contribution in [2.24, 2.45) is 0 Å². The first-order valence-corrected chi connectivity index (χ1v) is 6.18. The molecule has 0 saturated carbocycles. The summed E-state index contributed by atoms with van der Waals surface area (Å²) in [4.78, 5) is 2.48. The van der Waals surface area contributed by atoms with Crippen LogP contribution in [-0.4, -0.2) is 36.0 Å². The molecule has 1 rings (SSSR count). The Morgan fingerprint density at radius 2 is 2.25 bits per heavy atom. The maximum absolute atomic E-state index is 2.48. The smallest absolute Gasteiger partial charge is 0.0174 e. The van der Waals surface area contributed by atoms with E-state index in [1.165, 1.54) is 44.5 Å². The van der Waals surface area contributed by atoms with Crippen molar-refractivity contribution < 1.29 is 0 Å². The normalized spacial score (nSPS) is 24.8. The first-order chi connectivity index (χ1) is 5.83. The van der Waals surface area contributed by atoms with Crippen LogP contribution in [0.25, 0.3) is 0 Å². The van der Waals surface area contributed by atoms with Crippen molar-refractivity contribution in [2.75, 3.05) is 25.9 Å². The molecule has 1 saturated heterocycles. The summed E-state index contributed by atoms with van der Waals surface area (Å²) >= 11 is 2.18. The molecule has 1 heterocycles. The van der Waals surface area contributed by atoms with Crippen LogP contribution in [0.5, 0.6) is 0 Å². The lowest BCUT2D eigenvalue weighted by Crippen LogP contribution is -2.29. The zero-order chi connectivity index (χ0) is 8.81. The highest BCUT2D eigenvalue weighted by Crippen LogP contribution is 2.25. The Morgan fingerprint density at radius 3 is 2.83 bits per heavy atom. The van der Waals surface area contributed by atoms with Crippen LogP contribution >= 0.6 is 11.8 Å². The van der Waals surface area contributed by atoms with E-state index in [0.717, 1.165) is 5.25 Å². The van der Waals surface area contributed by atoms with Gasteiger partial charge >= 0.3 is 0 Å². The summed E-state index contributed by atoms with van der Waals surface area (Å²) in [5.41, 5.74) is 0. The van der Waals surface area contributed by atoms with Crippen LogP contribution in [0.4, 0.5) is 0 Å². The Bertz CT molecular complexity index is 110. The van der Waals surface area contributed by atoms with E-state index in [1.54, 1.807) is 0 Å². The molecule has 0 aromatic carbocycles. The van der Waals surface area contributed by atoms with Gasteiger partial charge in [0.05, 0.1) is 0 Å². The van der Waals surface area contributed by atoms with Crippen molar-refractivity contribution in [2.45, 2.75) is 37.9 Å². The van der Waals surface area contributed by atoms with Crippen LogP contribution in [0.2, 0.25) is 0 Å². The lowest BCUT2D eigenvalue weighted by Gasteiger charge is -2.26. The second-order valence-electron chi connectivity index (χ2n) is 3.75. The molecule has 0 aromatic heterocycles. The van der Waals surface area contributed by atoms with E-state index < -0.39 is 0 Å². The molecule has 0 N–H and O–H groups in total. The first kappa shape index (κ1) is 10.4. The van der Waals surface area contributed by atoms with E-state index in [-0.39, 0.29) is 0 Å². The number of thioether (sulfide) groups is 1. The molecule has 72 valence electrons. The molecule has 0 bridgehead atoms. The van der Waals surface area contributed by atoms with Crippen molar-refractivity contribution >= 4 is 11.8 Å². The van der Waals surface area contributed by atoms with Gasteiger partial charge in [-0.25, -0.2) is 0 Å². The minimum atomic E-state index is 0.926. The molecule has 1 nitrogen and oxygen atoms in total. The molecule has 2 heteroatoms. The molecular formula is C10H21NS. The first-order valence-electron chi connectivity index (χ1n) is 5.13. The highest BCUT2D eigenvalue weighted by molar-refractivity contribution is 7.99. The van der Waals surface area contributed by atoms with Gasteiger partial charge in [0.1, 0.15) is 0 Å². The third-order valence-electron chi connectivity index (χ3n) is 2.39. The van der Waals surface area contributed by atoms with Gasteiger partial charge in [0.25, 0.3) is 0 Å². The Balaban J connectivity index is 2.11. The van der Waals surface area contributed by atoms with Gasteiger partial charge in [0.15, 0.2) is 0 Å². The topological polar surface area (TPSA) is 3.24 Å². The zero-order valence-corrected chi connectivity index (χ0v) is 9.20. The summed E-state index contributed by atoms with van der Waals surface area (Å²) in [6.45, 7) is 4.82. The van der Waals surface area contributed by atoms with Gasteiger partial charge in [-0.1, -0.05) is 13.3 Å². The van der Waals surface area contributed by atoms with E-state index in [1.807, 2.05) is 0 Å². The van der Waals surface area contributed by atoms with Crippen LogP contribution in [0.1, 0.15) is 32.6 Å². The molecule has 0 spiro atoms. The molecule has 0 amide bonds. The van der Waals surface area contributed by atoms with Crippen molar-refractivity contribution in [1.82, 2.24) is 4.90 Å². The second-order valence-corrected chi connectivity index (χ2v) is 5.16. The van der Waals surface area contributed by atoms with Gasteiger partial charge in [0.2, 0.25) is 0 Å². The van der Waals surface area contributed by atoms with Crippen molar-refractivity contribution in [3.63, 3.8) is 0 Å². The standard InChI is InChI=1S/C10H21NS/c1-3-7-11(2)9-10-6-4-5-8-12-10/h10H,3-9H2,1-2H3. The third-order valence-corrected chi connectivity index (χ3v) is 3.78. The highest BCUT2D eigenvalue weighted by Gasteiger charge is 2.14. The zero-order valence-electron chi connectivity index (χ0n) is 8.38. The average molecular weight is 187 g/mol. The summed E-state index contributed by atoms with van der Waals surface area (Å²) in [5, 5.41) is 0.926. The van der Waals surface area contributed by atoms with E-state index >= 15 is 0 Å². The quantitative estimate of drug-likeness (QED) is 0.665. The Labute approximate surface area is 80.9 Å². The summed E-state index contributed by atoms with van der Waals surface area (Å²) in [7, 11) is 2.25. The molecule has 1 atom stereocenters. The Kier molecular flexibility index (Phi) is 5.08. The molecule has 12 heavy (non-hydrogen) atoms. The molecule has 1 aliphatic rings. The van der Waals surface area contributed by atoms with Crippen molar-refractivity contribution in [3.8, 4) is 0 Å². The highest BCUT2D eigenvalue weighted by atomic mass is 32.2. The van der Waals surface area contributed by atoms with Crippen LogP contribution < -0.4 is 0 Å². The summed E-state index contributed by atoms with van der Waals surface area (Å²) < 4.78 is 0. The molecule has 0 radical (unpaired) electrons. The van der Waals surface area contributed by atoms with Crippen LogP contribution in [0.15, 0.2) is 0 Å². The summed E-state index contributed by atoms with van der Waals surface area (Å²) in [5.74, 6) is 1.39. The molecule has 1 aliphatic heterocycles. The minimum absolute atomic E-state index is 0.926. The fourth-order valence-electron chi connectivity index (χ4n) is 1.77. The van der Waals surface area contributed by atoms with Crippen LogP contribution in [-0.2, 0) is 0 Å². The average Bonchev–Trinajstić information content (AvgIpc) is 2.06. The Morgan fingerprint density at radius 1 is 1.42 bits per heavy atom. The largest absolute Gasteiger partial charge is 0.305 e. The van der Waals surface area contributed by atoms with E-state index in [4.69, 9.17) is 0 Å². The third kappa shape index (κ3) is 3.81. The number of nitrogens with zero attached hydrogens (tertiary/aromatic N) is 1. The minimum Gasteiger partial charge on any atom is -0.305 e. The number of rotatable bonds is 4. The summed E-state index contributed by atoms with van der Waals surface area (Å²) in [6, 6.07) is 0. The van der Waals surface area contributed by atoms with Crippen molar-refractivity contribution in [3.05, 3.63) is 0 Å². The van der Waals surface area contributed by atoms with Gasteiger partial charge < -0.3 is 4.90 Å². The van der Waals surface area contributed by atoms with Gasteiger partial charge in [0, 0.05) is 11.8 Å². The number of hydrogen-bond donors (Lipinski definition) is 0. The van der Waals surface area contributed by atoms with Crippen molar-refractivity contribution in [1.29, 1.82) is 0 Å². The predicted molar refractivity (Wildman–Crippen MR) is 57.9 cm³/mol. The van der Waals surface area contributed by atoms with E-state index in [0.29, 0.717) is 0 Å². The number of hydrogen-bond acceptors (Lipinski definition) is 2. The van der Waals surface area contributed by atoms with Gasteiger partial charge in [-0.15, -0.1) is 0 Å². The maximum atomic E-state index is 2.48. The second kappa shape index (κ2) is 5.87. The van der Waals surface area contributed by atoms with E-state index in [9.17, 15) is 0 Å². The molecule has 0 aliphatic carbocycles. The fourth-order valence-corrected chi connectivity index (χ4v) is 3.17. The summed E-state index contributed by atoms with van der Waals surface area (Å²) in [6.07, 6.45) is 5.63. The molecule has 1 unspecified atom stereocenters. The molecule has 1 fully saturated rings. The molecule has 0 aromatic rings. The predicted octanol–water partition coefficient (Wildman–Crippen LogP) is 2.61. The fraction of sp³-hybridized carbons (Fsp3) is 1.00. The lowest BCUT2D eigenvalue weighted by molar-refractivity contribution is 0.328. The lowest BCUT2D eigenvalue weighted by atomic mass is 10.2. The SMILES string of the molecule is CCCN(C)CC1CCCCS1. The van der Waals surface area contributed by atoms with Gasteiger partial charge in [-0.2, -0.15) is 11.8 Å². The van der Waals surface area contributed by atoms with Crippen LogP contribution in [0, 0.1) is 0 Å². The Hall–Kier alpha value is 0.310. The van der Waals surface area contributed by atoms with E-state index in [2.05, 4.69) is 30.6 Å². The molecular weight excluding hydrogens is 166 g/mol. The maximum Gasteiger partial charge on any atom is 0.0174 e. The van der Waals surface area contributed by atoms with Gasteiger partial charge in [-0.05, 0) is 38.6 Å². The monoisotopic (exact) mass is 187 g/mol. The van der Waals surface area contributed by atoms with Gasteiger partial charge in [-0.3, -0.25) is 0 Å². The van der Waals surface area contributed by atoms with Crippen LogP contribution in [0.3, 0.4) is 0 Å².